The molecular weight excluding hydrogens is 680 g/mol. The van der Waals surface area contributed by atoms with Gasteiger partial charge in [0.1, 0.15) is 18.5 Å². The number of carbonyl (C=O) groups is 6. The van der Waals surface area contributed by atoms with Gasteiger partial charge in [0.15, 0.2) is 30.5 Å². The van der Waals surface area contributed by atoms with Crippen molar-refractivity contribution in [1.29, 1.82) is 0 Å². The highest BCUT2D eigenvalue weighted by Gasteiger charge is 2.48. The van der Waals surface area contributed by atoms with E-state index >= 15 is 0 Å². The molecule has 0 bridgehead atoms. The van der Waals surface area contributed by atoms with E-state index in [0.717, 1.165) is 53.5 Å². The molecule has 2 aromatic rings. The second kappa shape index (κ2) is 18.9. The summed E-state index contributed by atoms with van der Waals surface area (Å²) in [5.74, 6) is -4.49. The second-order valence-electron chi connectivity index (χ2n) is 11.5. The number of hydrogen-bond donors (Lipinski definition) is 0. The number of carbonyl (C=O) groups excluding carboxylic acids is 6. The van der Waals surface area contributed by atoms with Crippen LogP contribution in [0.15, 0.2) is 42.5 Å². The molecule has 0 saturated carbocycles. The zero-order chi connectivity index (χ0) is 37.0. The smallest absolute Gasteiger partial charge is 0.303 e. The lowest BCUT2D eigenvalue weighted by Gasteiger charge is -2.38. The second-order valence-corrected chi connectivity index (χ2v) is 11.9. The largest absolute Gasteiger partial charge is 0.488 e. The molecule has 0 aliphatic carbocycles. The van der Waals surface area contributed by atoms with Crippen LogP contribution in [0.4, 0.5) is 0 Å². The highest BCUT2D eigenvalue weighted by molar-refractivity contribution is 6.31. The zero-order valence-electron chi connectivity index (χ0n) is 28.6. The Labute approximate surface area is 294 Å². The molecule has 1 aliphatic rings. The third-order valence-corrected chi connectivity index (χ3v) is 7.56. The van der Waals surface area contributed by atoms with Gasteiger partial charge in [-0.25, -0.2) is 0 Å². The van der Waals surface area contributed by atoms with E-state index in [1.54, 1.807) is 12.1 Å². The number of hydrogen-bond acceptors (Lipinski definition) is 14. The topological polar surface area (TPSA) is 176 Å². The van der Waals surface area contributed by atoms with E-state index in [1.807, 2.05) is 24.3 Å². The first kappa shape index (κ1) is 39.7. The fraction of sp³-hybridized carbons (Fsp3) is 0.486. The van der Waals surface area contributed by atoms with Crippen molar-refractivity contribution in [3.8, 4) is 5.75 Å². The summed E-state index contributed by atoms with van der Waals surface area (Å²) in [6.45, 7) is 6.93. The summed E-state index contributed by atoms with van der Waals surface area (Å²) in [6, 6.07) is 12.1. The molecule has 0 amide bonds. The average Bonchev–Trinajstić information content (AvgIpc) is 3.53. The Bertz CT molecular complexity index is 1520. The van der Waals surface area contributed by atoms with Crippen molar-refractivity contribution in [3.63, 3.8) is 0 Å². The molecule has 1 unspecified atom stereocenters. The summed E-state index contributed by atoms with van der Waals surface area (Å²) >= 11 is 6.61. The van der Waals surface area contributed by atoms with Crippen LogP contribution in [0.2, 0.25) is 5.02 Å². The minimum atomic E-state index is -1.78. The Morgan fingerprint density at radius 3 is 1.84 bits per heavy atom. The van der Waals surface area contributed by atoms with Gasteiger partial charge < -0.3 is 37.9 Å². The zero-order valence-corrected chi connectivity index (χ0v) is 29.4. The van der Waals surface area contributed by atoms with Crippen LogP contribution in [-0.4, -0.2) is 86.2 Å². The number of ether oxygens (including phenoxy) is 8. The van der Waals surface area contributed by atoms with Gasteiger partial charge in [0.25, 0.3) is 0 Å². The van der Waals surface area contributed by atoms with E-state index in [0.29, 0.717) is 36.0 Å². The third kappa shape index (κ3) is 12.6. The van der Waals surface area contributed by atoms with Crippen LogP contribution < -0.4 is 4.74 Å². The van der Waals surface area contributed by atoms with E-state index in [4.69, 9.17) is 49.5 Å². The van der Waals surface area contributed by atoms with E-state index in [1.165, 1.54) is 6.07 Å². The van der Waals surface area contributed by atoms with E-state index in [9.17, 15) is 28.8 Å². The van der Waals surface area contributed by atoms with Gasteiger partial charge in [0.2, 0.25) is 0 Å². The molecule has 15 heteroatoms. The lowest BCUT2D eigenvalue weighted by Crippen LogP contribution is -2.54. The van der Waals surface area contributed by atoms with Gasteiger partial charge in [0, 0.05) is 53.0 Å². The molecule has 50 heavy (non-hydrogen) atoms. The molecule has 1 aliphatic heterocycles. The quantitative estimate of drug-likeness (QED) is 0.180. The number of esters is 6. The SMILES string of the molecule is CC(=O)OC[C@@H](OC(C)=O)[C@@H](OC(C)=O)[C@H](OC(C)=O)[C@@H](OC(C)=O)C(OC(C)=O)c1ccc(Cl)c(Cc2ccc(O[C@H]3CCOC3)cc2)c1. The molecule has 0 N–H and O–H groups in total. The average molecular weight is 721 g/mol. The Morgan fingerprint density at radius 2 is 1.30 bits per heavy atom. The molecule has 1 heterocycles. The van der Waals surface area contributed by atoms with Crippen molar-refractivity contribution >= 4 is 47.4 Å². The van der Waals surface area contributed by atoms with E-state index in [-0.39, 0.29) is 11.7 Å². The van der Waals surface area contributed by atoms with Gasteiger partial charge in [-0.3, -0.25) is 28.8 Å². The van der Waals surface area contributed by atoms with Crippen molar-refractivity contribution in [2.45, 2.75) is 91.0 Å². The van der Waals surface area contributed by atoms with Crippen LogP contribution in [0.3, 0.4) is 0 Å². The standard InChI is InChI=1S/C35H41ClO14/c1-19(37)44-18-31(45-20(2)38)33(47-22(4)40)35(49-24(6)42)34(48-23(5)41)32(46-21(3)39)26-9-12-30(36)27(16-26)15-25-7-10-28(11-8-25)50-29-13-14-43-17-29/h7-12,16,29,31-35H,13-15,17-18H2,1-6H3/t29-,31+,32?,33+,34-,35-/m0/s1. The van der Waals surface area contributed by atoms with Gasteiger partial charge >= 0.3 is 35.8 Å². The van der Waals surface area contributed by atoms with Gasteiger partial charge in [-0.15, -0.1) is 0 Å². The number of halogens is 1. The van der Waals surface area contributed by atoms with Crippen molar-refractivity contribution in [2.75, 3.05) is 19.8 Å². The predicted molar refractivity (Wildman–Crippen MR) is 174 cm³/mol. The Balaban J connectivity index is 2.09. The Hall–Kier alpha value is -4.69. The first-order valence-corrected chi connectivity index (χ1v) is 16.1. The minimum absolute atomic E-state index is 0.0161. The van der Waals surface area contributed by atoms with Gasteiger partial charge in [-0.1, -0.05) is 35.9 Å². The summed E-state index contributed by atoms with van der Waals surface area (Å²) in [4.78, 5) is 73.8. The van der Waals surface area contributed by atoms with Gasteiger partial charge in [-0.05, 0) is 41.3 Å². The molecule has 1 fully saturated rings. The Kier molecular flexibility index (Phi) is 15.0. The fourth-order valence-electron chi connectivity index (χ4n) is 5.27. The molecule has 3 rings (SSSR count). The van der Waals surface area contributed by atoms with Crippen LogP contribution in [0.1, 0.15) is 70.8 Å². The fourth-order valence-corrected chi connectivity index (χ4v) is 5.46. The summed E-state index contributed by atoms with van der Waals surface area (Å²) in [5, 5.41) is 0.369. The van der Waals surface area contributed by atoms with E-state index in [2.05, 4.69) is 0 Å². The molecule has 2 aromatic carbocycles. The van der Waals surface area contributed by atoms with Gasteiger partial charge in [-0.2, -0.15) is 0 Å². The third-order valence-electron chi connectivity index (χ3n) is 7.19. The minimum Gasteiger partial charge on any atom is -0.488 e. The van der Waals surface area contributed by atoms with Gasteiger partial charge in [0.05, 0.1) is 13.2 Å². The maximum absolute atomic E-state index is 12.6. The van der Waals surface area contributed by atoms with Crippen LogP contribution >= 0.6 is 11.6 Å². The lowest BCUT2D eigenvalue weighted by atomic mass is 9.92. The monoisotopic (exact) mass is 720 g/mol. The molecule has 0 radical (unpaired) electrons. The van der Waals surface area contributed by atoms with Crippen LogP contribution in [0.25, 0.3) is 0 Å². The molecule has 6 atom stereocenters. The Morgan fingerprint density at radius 1 is 0.720 bits per heavy atom. The van der Waals surface area contributed by atoms with Crippen LogP contribution in [0.5, 0.6) is 5.75 Å². The summed E-state index contributed by atoms with van der Waals surface area (Å²) < 4.78 is 44.1. The van der Waals surface area contributed by atoms with Crippen molar-refractivity contribution in [2.24, 2.45) is 0 Å². The molecular formula is C35H41ClO14. The van der Waals surface area contributed by atoms with Crippen LogP contribution in [-0.2, 0) is 68.3 Å². The molecule has 0 spiro atoms. The normalized spacial score (nSPS) is 16.8. The van der Waals surface area contributed by atoms with E-state index < -0.39 is 72.9 Å². The highest BCUT2D eigenvalue weighted by Crippen LogP contribution is 2.34. The summed E-state index contributed by atoms with van der Waals surface area (Å²) in [6.07, 6.45) is -7.15. The number of benzene rings is 2. The molecule has 1 saturated heterocycles. The maximum Gasteiger partial charge on any atom is 0.303 e. The summed E-state index contributed by atoms with van der Waals surface area (Å²) in [5.41, 5.74) is 1.71. The van der Waals surface area contributed by atoms with Crippen molar-refractivity contribution in [1.82, 2.24) is 0 Å². The lowest BCUT2D eigenvalue weighted by molar-refractivity contribution is -0.214. The predicted octanol–water partition coefficient (Wildman–Crippen LogP) is 3.99. The van der Waals surface area contributed by atoms with Crippen molar-refractivity contribution in [3.05, 3.63) is 64.2 Å². The maximum atomic E-state index is 12.6. The van der Waals surface area contributed by atoms with Crippen LogP contribution in [0, 0.1) is 0 Å². The summed E-state index contributed by atoms with van der Waals surface area (Å²) in [7, 11) is 0. The first-order valence-electron chi connectivity index (χ1n) is 15.7. The molecule has 14 nitrogen and oxygen atoms in total. The van der Waals surface area contributed by atoms with Crippen molar-refractivity contribution < 1.29 is 66.7 Å². The molecule has 272 valence electrons. The molecule has 0 aromatic heterocycles. The number of rotatable bonds is 16. The highest BCUT2D eigenvalue weighted by atomic mass is 35.5. The first-order chi connectivity index (χ1) is 23.6.